The highest BCUT2D eigenvalue weighted by atomic mass is 35.5. The first kappa shape index (κ1) is 18.3. The number of halogens is 1. The second-order valence-electron chi connectivity index (χ2n) is 8.31. The highest BCUT2D eigenvalue weighted by Crippen LogP contribution is 2.35. The zero-order valence-electron chi connectivity index (χ0n) is 15.8. The number of aliphatic hydroxyl groups excluding tert-OH is 1. The quantitative estimate of drug-likeness (QED) is 0.795. The van der Waals surface area contributed by atoms with Crippen molar-refractivity contribution >= 4 is 22.5 Å². The number of hydrogen-bond acceptors (Lipinski definition) is 2. The fourth-order valence-electron chi connectivity index (χ4n) is 5.03. The summed E-state index contributed by atoms with van der Waals surface area (Å²) < 4.78 is 2.31. The molecule has 26 heavy (non-hydrogen) atoms. The van der Waals surface area contributed by atoms with E-state index >= 15 is 0 Å². The highest BCUT2D eigenvalue weighted by molar-refractivity contribution is 6.35. The van der Waals surface area contributed by atoms with Gasteiger partial charge < -0.3 is 15.0 Å². The van der Waals surface area contributed by atoms with E-state index in [0.717, 1.165) is 23.4 Å². The molecule has 3 nitrogen and oxygen atoms in total. The lowest BCUT2D eigenvalue weighted by Crippen LogP contribution is -2.42. The number of nitrogens with zero attached hydrogens (tertiary/aromatic N) is 1. The van der Waals surface area contributed by atoms with Crippen molar-refractivity contribution in [1.29, 1.82) is 0 Å². The Kier molecular flexibility index (Phi) is 5.58. The fourth-order valence-corrected chi connectivity index (χ4v) is 5.31. The van der Waals surface area contributed by atoms with Gasteiger partial charge in [-0.1, -0.05) is 43.5 Å². The van der Waals surface area contributed by atoms with Gasteiger partial charge in [-0.05, 0) is 56.1 Å². The van der Waals surface area contributed by atoms with Crippen molar-refractivity contribution < 1.29 is 5.11 Å². The number of aromatic nitrogens is 1. The SMILES string of the molecule is C[C@H]1CCCC[C@@H]1NC[C@H](O)Cn1c2c(c3cccc(Cl)c31)CCCC2. The van der Waals surface area contributed by atoms with Crippen molar-refractivity contribution in [3.8, 4) is 0 Å². The predicted molar refractivity (Wildman–Crippen MR) is 109 cm³/mol. The molecule has 2 aliphatic rings. The Bertz CT molecular complexity index is 769. The van der Waals surface area contributed by atoms with Crippen LogP contribution in [0.3, 0.4) is 0 Å². The minimum Gasteiger partial charge on any atom is -0.390 e. The normalized spacial score (nSPS) is 24.6. The van der Waals surface area contributed by atoms with Gasteiger partial charge in [0.15, 0.2) is 0 Å². The van der Waals surface area contributed by atoms with E-state index in [-0.39, 0.29) is 6.10 Å². The third kappa shape index (κ3) is 3.54. The Morgan fingerprint density at radius 1 is 1.19 bits per heavy atom. The van der Waals surface area contributed by atoms with Crippen LogP contribution in [0.4, 0.5) is 0 Å². The van der Waals surface area contributed by atoms with Gasteiger partial charge in [0.2, 0.25) is 0 Å². The number of fused-ring (bicyclic) bond motifs is 3. The number of rotatable bonds is 5. The van der Waals surface area contributed by atoms with E-state index in [4.69, 9.17) is 11.6 Å². The summed E-state index contributed by atoms with van der Waals surface area (Å²) in [5.74, 6) is 0.713. The summed E-state index contributed by atoms with van der Waals surface area (Å²) in [5.41, 5.74) is 3.96. The lowest BCUT2D eigenvalue weighted by Gasteiger charge is -2.30. The van der Waals surface area contributed by atoms with Crippen LogP contribution in [0.25, 0.3) is 10.9 Å². The van der Waals surface area contributed by atoms with E-state index in [1.165, 1.54) is 55.2 Å². The molecule has 0 amide bonds. The summed E-state index contributed by atoms with van der Waals surface area (Å²) in [7, 11) is 0. The average Bonchev–Trinajstić information content (AvgIpc) is 2.96. The molecule has 1 fully saturated rings. The minimum absolute atomic E-state index is 0.387. The number of para-hydroxylation sites is 1. The van der Waals surface area contributed by atoms with Gasteiger partial charge in [0.05, 0.1) is 23.2 Å². The van der Waals surface area contributed by atoms with Crippen molar-refractivity contribution in [3.05, 3.63) is 34.5 Å². The lowest BCUT2D eigenvalue weighted by atomic mass is 9.86. The van der Waals surface area contributed by atoms with E-state index < -0.39 is 0 Å². The van der Waals surface area contributed by atoms with E-state index in [0.29, 0.717) is 25.0 Å². The predicted octanol–water partition coefficient (Wildman–Crippen LogP) is 4.70. The van der Waals surface area contributed by atoms with E-state index in [1.807, 2.05) is 12.1 Å². The smallest absolute Gasteiger partial charge is 0.0843 e. The molecule has 2 aliphatic carbocycles. The van der Waals surface area contributed by atoms with Crippen molar-refractivity contribution in [2.75, 3.05) is 6.54 Å². The molecule has 3 atom stereocenters. The van der Waals surface area contributed by atoms with Crippen LogP contribution < -0.4 is 5.32 Å². The first-order valence-corrected chi connectivity index (χ1v) is 10.7. The first-order valence-electron chi connectivity index (χ1n) is 10.3. The molecule has 0 bridgehead atoms. The molecular formula is C22H31ClN2O. The highest BCUT2D eigenvalue weighted by Gasteiger charge is 2.24. The monoisotopic (exact) mass is 374 g/mol. The van der Waals surface area contributed by atoms with Crippen LogP contribution in [0.2, 0.25) is 5.02 Å². The van der Waals surface area contributed by atoms with Gasteiger partial charge in [-0.15, -0.1) is 0 Å². The van der Waals surface area contributed by atoms with Crippen molar-refractivity contribution in [1.82, 2.24) is 9.88 Å². The summed E-state index contributed by atoms with van der Waals surface area (Å²) in [5, 5.41) is 16.5. The molecule has 0 aliphatic heterocycles. The molecule has 4 rings (SSSR count). The van der Waals surface area contributed by atoms with E-state index in [9.17, 15) is 5.11 Å². The Hall–Kier alpha value is -1.03. The number of hydrogen-bond donors (Lipinski definition) is 2. The van der Waals surface area contributed by atoms with Gasteiger partial charge in [0.1, 0.15) is 0 Å². The average molecular weight is 375 g/mol. The third-order valence-corrected chi connectivity index (χ3v) is 6.77. The number of aryl methyl sites for hydroxylation is 1. The van der Waals surface area contributed by atoms with Gasteiger partial charge in [-0.2, -0.15) is 0 Å². The summed E-state index contributed by atoms with van der Waals surface area (Å²) >= 11 is 6.57. The molecular weight excluding hydrogens is 344 g/mol. The maximum absolute atomic E-state index is 10.8. The molecule has 0 unspecified atom stereocenters. The minimum atomic E-state index is -0.387. The number of aliphatic hydroxyl groups is 1. The molecule has 2 N–H and O–H groups in total. The molecule has 4 heteroatoms. The van der Waals surface area contributed by atoms with Crippen LogP contribution >= 0.6 is 11.6 Å². The van der Waals surface area contributed by atoms with Gasteiger partial charge in [-0.3, -0.25) is 0 Å². The molecule has 1 aromatic carbocycles. The summed E-state index contributed by atoms with van der Waals surface area (Å²) in [6.45, 7) is 3.62. The van der Waals surface area contributed by atoms with Gasteiger partial charge in [0, 0.05) is 23.7 Å². The molecule has 0 saturated heterocycles. The van der Waals surface area contributed by atoms with Gasteiger partial charge in [-0.25, -0.2) is 0 Å². The summed E-state index contributed by atoms with van der Waals surface area (Å²) in [6, 6.07) is 6.76. The Balaban J connectivity index is 1.53. The zero-order chi connectivity index (χ0) is 18.1. The number of nitrogens with one attached hydrogen (secondary N) is 1. The first-order chi connectivity index (χ1) is 12.6. The second-order valence-corrected chi connectivity index (χ2v) is 8.72. The Morgan fingerprint density at radius 3 is 2.85 bits per heavy atom. The van der Waals surface area contributed by atoms with Crippen LogP contribution in [0.15, 0.2) is 18.2 Å². The molecule has 1 heterocycles. The number of benzene rings is 1. The van der Waals surface area contributed by atoms with Gasteiger partial charge in [0.25, 0.3) is 0 Å². The van der Waals surface area contributed by atoms with Crippen LogP contribution in [-0.4, -0.2) is 28.4 Å². The molecule has 1 aromatic heterocycles. The maximum atomic E-state index is 10.8. The Labute approximate surface area is 161 Å². The molecule has 142 valence electrons. The van der Waals surface area contributed by atoms with Crippen LogP contribution in [0, 0.1) is 5.92 Å². The van der Waals surface area contributed by atoms with Crippen LogP contribution in [-0.2, 0) is 19.4 Å². The van der Waals surface area contributed by atoms with E-state index in [2.05, 4.69) is 22.9 Å². The van der Waals surface area contributed by atoms with Crippen LogP contribution in [0.5, 0.6) is 0 Å². The Morgan fingerprint density at radius 2 is 2.00 bits per heavy atom. The summed E-state index contributed by atoms with van der Waals surface area (Å²) in [6.07, 6.45) is 9.53. The third-order valence-electron chi connectivity index (χ3n) is 6.47. The largest absolute Gasteiger partial charge is 0.390 e. The zero-order valence-corrected chi connectivity index (χ0v) is 16.6. The molecule has 0 radical (unpaired) electrons. The van der Waals surface area contributed by atoms with Crippen molar-refractivity contribution in [2.24, 2.45) is 5.92 Å². The molecule has 2 aromatic rings. The topological polar surface area (TPSA) is 37.2 Å². The van der Waals surface area contributed by atoms with Gasteiger partial charge >= 0.3 is 0 Å². The second kappa shape index (κ2) is 7.92. The van der Waals surface area contributed by atoms with Crippen LogP contribution in [0.1, 0.15) is 56.7 Å². The fraction of sp³-hybridized carbons (Fsp3) is 0.636. The maximum Gasteiger partial charge on any atom is 0.0843 e. The van der Waals surface area contributed by atoms with Crippen molar-refractivity contribution in [2.45, 2.75) is 77.0 Å². The summed E-state index contributed by atoms with van der Waals surface area (Å²) in [4.78, 5) is 0. The molecule has 0 spiro atoms. The molecule has 1 saturated carbocycles. The van der Waals surface area contributed by atoms with Crippen molar-refractivity contribution in [3.63, 3.8) is 0 Å². The lowest BCUT2D eigenvalue weighted by molar-refractivity contribution is 0.138. The standard InChI is InChI=1S/C22H31ClN2O/c1-15-7-2-4-11-20(15)24-13-16(26)14-25-21-12-5-3-8-17(21)18-9-6-10-19(23)22(18)25/h6,9-10,15-16,20,24,26H,2-5,7-8,11-14H2,1H3/t15-,16-,20-/m0/s1. The van der Waals surface area contributed by atoms with E-state index in [1.54, 1.807) is 0 Å².